The van der Waals surface area contributed by atoms with Crippen LogP contribution in [0.3, 0.4) is 0 Å². The Labute approximate surface area is 147 Å². The predicted molar refractivity (Wildman–Crippen MR) is 99.1 cm³/mol. The van der Waals surface area contributed by atoms with Crippen LogP contribution < -0.4 is 0 Å². The van der Waals surface area contributed by atoms with Crippen LogP contribution >= 0.6 is 11.8 Å². The molecule has 3 heterocycles. The van der Waals surface area contributed by atoms with Gasteiger partial charge in [0.05, 0.1) is 12.2 Å². The summed E-state index contributed by atoms with van der Waals surface area (Å²) in [6, 6.07) is 1.92. The lowest BCUT2D eigenvalue weighted by Gasteiger charge is -2.35. The molecule has 0 saturated carbocycles. The third-order valence-electron chi connectivity index (χ3n) is 4.27. The molecule has 0 radical (unpaired) electrons. The number of amidine groups is 1. The van der Waals surface area contributed by atoms with Gasteiger partial charge in [-0.15, -0.1) is 0 Å². The molecule has 0 N–H and O–H groups in total. The minimum atomic E-state index is 0.0693. The smallest absolute Gasteiger partial charge is 0.246 e. The van der Waals surface area contributed by atoms with Crippen LogP contribution in [0, 0.1) is 0 Å². The van der Waals surface area contributed by atoms with E-state index >= 15 is 0 Å². The van der Waals surface area contributed by atoms with Crippen LogP contribution in [0.5, 0.6) is 0 Å². The fourth-order valence-corrected chi connectivity index (χ4v) is 3.93. The number of carbonyl (C=O) groups is 1. The lowest BCUT2D eigenvalue weighted by molar-refractivity contribution is -0.127. The summed E-state index contributed by atoms with van der Waals surface area (Å²) in [6.07, 6.45) is 5.27. The van der Waals surface area contributed by atoms with Gasteiger partial charge in [-0.05, 0) is 32.9 Å². The van der Waals surface area contributed by atoms with Gasteiger partial charge in [-0.25, -0.2) is 0 Å². The van der Waals surface area contributed by atoms with E-state index in [0.29, 0.717) is 0 Å². The first kappa shape index (κ1) is 17.1. The lowest BCUT2D eigenvalue weighted by Crippen LogP contribution is -2.49. The highest BCUT2D eigenvalue weighted by Gasteiger charge is 2.31. The quantitative estimate of drug-likeness (QED) is 0.784. The van der Waals surface area contributed by atoms with Crippen molar-refractivity contribution in [2.24, 2.45) is 4.99 Å². The number of hydrogen-bond donors (Lipinski definition) is 0. The van der Waals surface area contributed by atoms with Gasteiger partial charge in [0.1, 0.15) is 0 Å². The van der Waals surface area contributed by atoms with E-state index in [4.69, 9.17) is 0 Å². The highest BCUT2D eigenvalue weighted by molar-refractivity contribution is 8.15. The first-order valence-electron chi connectivity index (χ1n) is 8.46. The van der Waals surface area contributed by atoms with E-state index in [1.165, 1.54) is 0 Å². The molecule has 130 valence electrons. The summed E-state index contributed by atoms with van der Waals surface area (Å²) < 4.78 is 2.08. The summed E-state index contributed by atoms with van der Waals surface area (Å²) >= 11 is 1.85. The highest BCUT2D eigenvalue weighted by Crippen LogP contribution is 2.33. The summed E-state index contributed by atoms with van der Waals surface area (Å²) in [4.78, 5) is 21.2. The van der Waals surface area contributed by atoms with Crippen molar-refractivity contribution in [2.45, 2.75) is 32.1 Å². The Hall–Kier alpha value is -1.76. The largest absolute Gasteiger partial charge is 0.348 e. The molecular formula is C17H25N5OS. The van der Waals surface area contributed by atoms with Crippen molar-refractivity contribution < 1.29 is 4.79 Å². The maximum atomic E-state index is 12.4. The zero-order valence-electron chi connectivity index (χ0n) is 14.6. The number of piperazine rings is 1. The van der Waals surface area contributed by atoms with E-state index in [1.54, 1.807) is 12.3 Å². The van der Waals surface area contributed by atoms with Gasteiger partial charge in [-0.3, -0.25) is 14.5 Å². The second kappa shape index (κ2) is 7.01. The molecule has 1 aromatic rings. The third-order valence-corrected chi connectivity index (χ3v) is 5.52. The summed E-state index contributed by atoms with van der Waals surface area (Å²) in [6.45, 7) is 11.4. The van der Waals surface area contributed by atoms with Crippen LogP contribution in [0.4, 0.5) is 0 Å². The van der Waals surface area contributed by atoms with Gasteiger partial charge in [0, 0.05) is 49.7 Å². The summed E-state index contributed by atoms with van der Waals surface area (Å²) in [7, 11) is 0. The van der Waals surface area contributed by atoms with Crippen LogP contribution in [0.2, 0.25) is 0 Å². The number of carbonyl (C=O) groups excluding carboxylic acids is 1. The first-order valence-corrected chi connectivity index (χ1v) is 9.27. The van der Waals surface area contributed by atoms with Gasteiger partial charge in [0.25, 0.3) is 0 Å². The van der Waals surface area contributed by atoms with Crippen molar-refractivity contribution in [2.75, 3.05) is 32.7 Å². The monoisotopic (exact) mass is 347 g/mol. The predicted octanol–water partition coefficient (Wildman–Crippen LogP) is 1.94. The fraction of sp³-hybridized carbons (Fsp3) is 0.588. The van der Waals surface area contributed by atoms with Gasteiger partial charge < -0.3 is 9.80 Å². The molecule has 2 aliphatic heterocycles. The van der Waals surface area contributed by atoms with E-state index in [0.717, 1.165) is 50.1 Å². The number of rotatable bonds is 3. The van der Waals surface area contributed by atoms with Crippen molar-refractivity contribution in [3.8, 4) is 0 Å². The van der Waals surface area contributed by atoms with E-state index < -0.39 is 0 Å². The second-order valence-electron chi connectivity index (χ2n) is 6.68. The summed E-state index contributed by atoms with van der Waals surface area (Å²) in [5.41, 5.74) is 0.962. The Balaban J connectivity index is 1.52. The van der Waals surface area contributed by atoms with Gasteiger partial charge in [0.15, 0.2) is 5.17 Å². The molecule has 7 heteroatoms. The highest BCUT2D eigenvalue weighted by atomic mass is 32.2. The normalized spacial score (nSPS) is 20.7. The maximum absolute atomic E-state index is 12.4. The maximum Gasteiger partial charge on any atom is 0.246 e. The number of nitrogens with zero attached hydrogens (tertiary/aromatic N) is 5. The molecule has 2 aliphatic rings. The first-order chi connectivity index (χ1) is 11.5. The number of amides is 1. The molecule has 0 spiro atoms. The number of aromatic nitrogens is 2. The fourth-order valence-electron chi connectivity index (χ4n) is 2.86. The van der Waals surface area contributed by atoms with Crippen molar-refractivity contribution in [1.29, 1.82) is 0 Å². The average molecular weight is 347 g/mol. The SMILES string of the molecule is CCn1nccc1C=CC(=O)N1CCN(C2=NCC(C)(C)S2)CC1. The Bertz CT molecular complexity index is 656. The molecule has 0 atom stereocenters. The molecule has 1 aromatic heterocycles. The van der Waals surface area contributed by atoms with E-state index in [1.807, 2.05) is 40.4 Å². The molecule has 24 heavy (non-hydrogen) atoms. The molecule has 1 saturated heterocycles. The number of aliphatic imine (C=N–C) groups is 1. The van der Waals surface area contributed by atoms with Gasteiger partial charge in [0.2, 0.25) is 5.91 Å². The third kappa shape index (κ3) is 3.83. The summed E-state index contributed by atoms with van der Waals surface area (Å²) in [5.74, 6) is 0.0693. The number of thioether (sulfide) groups is 1. The molecule has 6 nitrogen and oxygen atoms in total. The van der Waals surface area contributed by atoms with Crippen molar-refractivity contribution in [1.82, 2.24) is 19.6 Å². The Morgan fingerprint density at radius 1 is 1.33 bits per heavy atom. The Morgan fingerprint density at radius 3 is 2.71 bits per heavy atom. The Morgan fingerprint density at radius 2 is 2.08 bits per heavy atom. The molecule has 0 unspecified atom stereocenters. The zero-order chi connectivity index (χ0) is 17.2. The van der Waals surface area contributed by atoms with E-state index in [2.05, 4.69) is 28.8 Å². The van der Waals surface area contributed by atoms with Crippen LogP contribution in [0.15, 0.2) is 23.3 Å². The molecule has 1 amide bonds. The minimum absolute atomic E-state index is 0.0693. The van der Waals surface area contributed by atoms with Gasteiger partial charge in [-0.1, -0.05) is 11.8 Å². The molecule has 0 aliphatic carbocycles. The molecule has 0 bridgehead atoms. The minimum Gasteiger partial charge on any atom is -0.348 e. The topological polar surface area (TPSA) is 53.7 Å². The van der Waals surface area contributed by atoms with Crippen molar-refractivity contribution in [3.05, 3.63) is 24.0 Å². The number of hydrogen-bond acceptors (Lipinski definition) is 5. The molecule has 3 rings (SSSR count). The molecular weight excluding hydrogens is 322 g/mol. The van der Waals surface area contributed by atoms with Gasteiger partial charge in [-0.2, -0.15) is 5.10 Å². The van der Waals surface area contributed by atoms with Crippen LogP contribution in [0.25, 0.3) is 6.08 Å². The van der Waals surface area contributed by atoms with Crippen LogP contribution in [0.1, 0.15) is 26.5 Å². The second-order valence-corrected chi connectivity index (χ2v) is 8.35. The van der Waals surface area contributed by atoms with E-state index in [-0.39, 0.29) is 10.7 Å². The molecule has 1 fully saturated rings. The van der Waals surface area contributed by atoms with Gasteiger partial charge >= 0.3 is 0 Å². The molecule has 0 aromatic carbocycles. The standard InChI is InChI=1S/C17H25N5OS/c1-4-22-14(7-8-19-22)5-6-15(23)20-9-11-21(12-10-20)16-18-13-17(2,3)24-16/h5-8H,4,9-13H2,1-3H3. The van der Waals surface area contributed by atoms with Crippen LogP contribution in [-0.2, 0) is 11.3 Å². The lowest BCUT2D eigenvalue weighted by atomic mass is 10.2. The Kier molecular flexibility index (Phi) is 4.99. The van der Waals surface area contributed by atoms with Crippen molar-refractivity contribution in [3.63, 3.8) is 0 Å². The average Bonchev–Trinajstić information content (AvgIpc) is 3.18. The summed E-state index contributed by atoms with van der Waals surface area (Å²) in [5, 5.41) is 5.34. The van der Waals surface area contributed by atoms with Crippen LogP contribution in [-0.4, -0.2) is 68.1 Å². The zero-order valence-corrected chi connectivity index (χ0v) is 15.4. The van der Waals surface area contributed by atoms with Crippen molar-refractivity contribution >= 4 is 28.9 Å². The van der Waals surface area contributed by atoms with E-state index in [9.17, 15) is 4.79 Å². The number of aryl methyl sites for hydroxylation is 1.